The van der Waals surface area contributed by atoms with Crippen molar-refractivity contribution in [3.8, 4) is 0 Å². The van der Waals surface area contributed by atoms with Crippen LogP contribution in [0.1, 0.15) is 82.6 Å². The Hall–Kier alpha value is -2.67. The number of carbonyl (C=O) groups is 3. The topological polar surface area (TPSA) is 81.7 Å². The number of ether oxygens (including phenoxy) is 2. The van der Waals surface area contributed by atoms with Gasteiger partial charge in [-0.25, -0.2) is 9.59 Å². The second-order valence-electron chi connectivity index (χ2n) is 9.58. The number of nitrogens with one attached hydrogen (secondary N) is 1. The zero-order valence-electron chi connectivity index (χ0n) is 18.9. The molecule has 0 unspecified atom stereocenters. The molecule has 3 rings (SSSR count). The number of carbonyl (C=O) groups excluding carboxylic acids is 3. The van der Waals surface area contributed by atoms with Gasteiger partial charge >= 0.3 is 11.9 Å². The summed E-state index contributed by atoms with van der Waals surface area (Å²) in [4.78, 5) is 38.9. The van der Waals surface area contributed by atoms with Gasteiger partial charge in [0, 0.05) is 10.4 Å². The molecule has 0 radical (unpaired) electrons. The summed E-state index contributed by atoms with van der Waals surface area (Å²) in [6, 6.07) is 6.30. The minimum Gasteiger partial charge on any atom is -0.465 e. The number of rotatable bonds is 4. The average Bonchev–Trinajstić information content (AvgIpc) is 3.01. The second kappa shape index (κ2) is 8.46. The number of amides is 1. The smallest absolute Gasteiger partial charge is 0.341 e. The Morgan fingerprint density at radius 2 is 1.77 bits per heavy atom. The van der Waals surface area contributed by atoms with E-state index in [4.69, 9.17) is 9.47 Å². The van der Waals surface area contributed by atoms with E-state index in [-0.39, 0.29) is 11.0 Å². The maximum atomic E-state index is 13.0. The zero-order chi connectivity index (χ0) is 23.0. The maximum absolute atomic E-state index is 13.0. The number of methoxy groups -OCH3 is 1. The molecule has 1 amide bonds. The fourth-order valence-electron chi connectivity index (χ4n) is 3.62. The first-order valence-corrected chi connectivity index (χ1v) is 11.1. The molecule has 0 saturated carbocycles. The van der Waals surface area contributed by atoms with Gasteiger partial charge in [-0.2, -0.15) is 0 Å². The largest absolute Gasteiger partial charge is 0.465 e. The number of hydrogen-bond acceptors (Lipinski definition) is 6. The average molecular weight is 444 g/mol. The lowest BCUT2D eigenvalue weighted by Gasteiger charge is -2.29. The third-order valence-electron chi connectivity index (χ3n) is 5.16. The van der Waals surface area contributed by atoms with Crippen molar-refractivity contribution in [2.24, 2.45) is 5.41 Å². The van der Waals surface area contributed by atoms with Crippen LogP contribution in [0.25, 0.3) is 0 Å². The van der Waals surface area contributed by atoms with E-state index >= 15 is 0 Å². The molecule has 1 N–H and O–H groups in total. The van der Waals surface area contributed by atoms with Crippen LogP contribution in [0.5, 0.6) is 0 Å². The predicted molar refractivity (Wildman–Crippen MR) is 121 cm³/mol. The summed E-state index contributed by atoms with van der Waals surface area (Å²) in [6.45, 7) is 9.88. The Labute approximate surface area is 186 Å². The standard InChI is InChI=1S/C24H29NO5S/c1-23(2,3)30-22(28)18-16-10-11-24(4,5)13-17(16)31-20(18)25-19(26)14-8-7-9-15(12-14)21(27)29-6/h7-9,12H,10-11,13H2,1-6H3,(H,25,26). The molecule has 31 heavy (non-hydrogen) atoms. The maximum Gasteiger partial charge on any atom is 0.341 e. The number of esters is 2. The fourth-order valence-corrected chi connectivity index (χ4v) is 5.11. The Kier molecular flexibility index (Phi) is 6.28. The normalized spacial score (nSPS) is 15.0. The zero-order valence-corrected chi connectivity index (χ0v) is 19.7. The first kappa shape index (κ1) is 23.0. The Balaban J connectivity index is 1.97. The van der Waals surface area contributed by atoms with Gasteiger partial charge in [0.15, 0.2) is 0 Å². The van der Waals surface area contributed by atoms with Crippen molar-refractivity contribution in [1.29, 1.82) is 0 Å². The van der Waals surface area contributed by atoms with Crippen molar-refractivity contribution in [3.05, 3.63) is 51.4 Å². The molecular formula is C24H29NO5S. The molecule has 0 saturated heterocycles. The van der Waals surface area contributed by atoms with Gasteiger partial charge in [-0.15, -0.1) is 11.3 Å². The number of thiophene rings is 1. The van der Waals surface area contributed by atoms with Crippen molar-refractivity contribution in [3.63, 3.8) is 0 Å². The van der Waals surface area contributed by atoms with Crippen molar-refractivity contribution >= 4 is 34.2 Å². The molecule has 1 aliphatic carbocycles. The van der Waals surface area contributed by atoms with Gasteiger partial charge < -0.3 is 14.8 Å². The molecule has 0 atom stereocenters. The van der Waals surface area contributed by atoms with Crippen LogP contribution < -0.4 is 5.32 Å². The molecule has 1 aromatic carbocycles. The number of hydrogen-bond donors (Lipinski definition) is 1. The van der Waals surface area contributed by atoms with E-state index in [1.54, 1.807) is 18.2 Å². The quantitative estimate of drug-likeness (QED) is 0.652. The van der Waals surface area contributed by atoms with Gasteiger partial charge in [0.05, 0.1) is 18.2 Å². The van der Waals surface area contributed by atoms with Crippen LogP contribution in [0.2, 0.25) is 0 Å². The van der Waals surface area contributed by atoms with E-state index in [0.717, 1.165) is 29.7 Å². The Bertz CT molecular complexity index is 1030. The highest BCUT2D eigenvalue weighted by Crippen LogP contribution is 2.44. The summed E-state index contributed by atoms with van der Waals surface area (Å²) in [5, 5.41) is 3.38. The van der Waals surface area contributed by atoms with E-state index in [9.17, 15) is 14.4 Å². The molecular weight excluding hydrogens is 414 g/mol. The summed E-state index contributed by atoms with van der Waals surface area (Å²) in [5.41, 5.74) is 1.51. The Morgan fingerprint density at radius 3 is 2.42 bits per heavy atom. The van der Waals surface area contributed by atoms with Crippen LogP contribution in [0, 0.1) is 5.41 Å². The van der Waals surface area contributed by atoms with Gasteiger partial charge in [-0.05, 0) is 69.2 Å². The number of fused-ring (bicyclic) bond motifs is 1. The SMILES string of the molecule is COC(=O)c1cccc(C(=O)Nc2sc3c(c2C(=O)OC(C)(C)C)CCC(C)(C)C3)c1. The summed E-state index contributed by atoms with van der Waals surface area (Å²) in [6.07, 6.45) is 2.57. The van der Waals surface area contributed by atoms with E-state index in [1.165, 1.54) is 24.5 Å². The number of anilines is 1. The van der Waals surface area contributed by atoms with E-state index < -0.39 is 23.4 Å². The summed E-state index contributed by atoms with van der Waals surface area (Å²) in [5.74, 6) is -1.34. The van der Waals surface area contributed by atoms with Gasteiger partial charge in [-0.3, -0.25) is 4.79 Å². The van der Waals surface area contributed by atoms with Crippen molar-refractivity contribution in [2.75, 3.05) is 12.4 Å². The molecule has 1 aliphatic rings. The minimum atomic E-state index is -0.643. The van der Waals surface area contributed by atoms with E-state index in [2.05, 4.69) is 19.2 Å². The van der Waals surface area contributed by atoms with Crippen molar-refractivity contribution < 1.29 is 23.9 Å². The highest BCUT2D eigenvalue weighted by atomic mass is 32.1. The lowest BCUT2D eigenvalue weighted by molar-refractivity contribution is 0.00692. The molecule has 0 fully saturated rings. The van der Waals surface area contributed by atoms with Crippen LogP contribution in [-0.4, -0.2) is 30.6 Å². The summed E-state index contributed by atoms with van der Waals surface area (Å²) < 4.78 is 10.4. The molecule has 6 nitrogen and oxygen atoms in total. The Morgan fingerprint density at radius 1 is 1.10 bits per heavy atom. The van der Waals surface area contributed by atoms with E-state index in [0.29, 0.717) is 16.1 Å². The molecule has 166 valence electrons. The first-order valence-electron chi connectivity index (χ1n) is 10.3. The lowest BCUT2D eigenvalue weighted by atomic mass is 9.77. The second-order valence-corrected chi connectivity index (χ2v) is 10.7. The molecule has 0 bridgehead atoms. The van der Waals surface area contributed by atoms with Crippen LogP contribution in [0.4, 0.5) is 5.00 Å². The lowest BCUT2D eigenvalue weighted by Crippen LogP contribution is -2.26. The van der Waals surface area contributed by atoms with Gasteiger partial charge in [-0.1, -0.05) is 19.9 Å². The van der Waals surface area contributed by atoms with Gasteiger partial charge in [0.1, 0.15) is 10.6 Å². The summed E-state index contributed by atoms with van der Waals surface area (Å²) in [7, 11) is 1.29. The molecule has 7 heteroatoms. The van der Waals surface area contributed by atoms with Crippen molar-refractivity contribution in [2.45, 2.75) is 59.5 Å². The minimum absolute atomic E-state index is 0.138. The number of benzene rings is 1. The molecule has 1 heterocycles. The first-order chi connectivity index (χ1) is 14.4. The highest BCUT2D eigenvalue weighted by Gasteiger charge is 2.34. The fraction of sp³-hybridized carbons (Fsp3) is 0.458. The monoisotopic (exact) mass is 443 g/mol. The third kappa shape index (κ3) is 5.34. The molecule has 0 spiro atoms. The van der Waals surface area contributed by atoms with Crippen molar-refractivity contribution in [1.82, 2.24) is 0 Å². The van der Waals surface area contributed by atoms with Crippen LogP contribution in [0.3, 0.4) is 0 Å². The molecule has 2 aromatic rings. The van der Waals surface area contributed by atoms with Gasteiger partial charge in [0.2, 0.25) is 0 Å². The summed E-state index contributed by atoms with van der Waals surface area (Å²) >= 11 is 1.43. The third-order valence-corrected chi connectivity index (χ3v) is 6.30. The molecule has 0 aliphatic heterocycles. The van der Waals surface area contributed by atoms with Crippen LogP contribution in [-0.2, 0) is 22.3 Å². The van der Waals surface area contributed by atoms with Crippen LogP contribution in [0.15, 0.2) is 24.3 Å². The molecule has 1 aromatic heterocycles. The van der Waals surface area contributed by atoms with E-state index in [1.807, 2.05) is 20.8 Å². The van der Waals surface area contributed by atoms with Gasteiger partial charge in [0.25, 0.3) is 5.91 Å². The highest BCUT2D eigenvalue weighted by molar-refractivity contribution is 7.17. The predicted octanol–water partition coefficient (Wildman–Crippen LogP) is 5.26. The van der Waals surface area contributed by atoms with Crippen LogP contribution >= 0.6 is 11.3 Å².